The maximum atomic E-state index is 14.2. The Labute approximate surface area is 222 Å². The summed E-state index contributed by atoms with van der Waals surface area (Å²) in [5, 5.41) is 4.73. The number of carbonyl (C=O) groups is 4. The number of carbonyl (C=O) groups excluding carboxylic acids is 4. The lowest BCUT2D eigenvalue weighted by molar-refractivity contribution is -0.156. The highest BCUT2D eigenvalue weighted by atomic mass is 16.6. The summed E-state index contributed by atoms with van der Waals surface area (Å²) in [5.74, 6) is -1.96. The van der Waals surface area contributed by atoms with Gasteiger partial charge < -0.3 is 30.7 Å². The summed E-state index contributed by atoms with van der Waals surface area (Å²) in [5.41, 5.74) is 7.12. The number of nitrogens with two attached hydrogens (primary N) is 1. The van der Waals surface area contributed by atoms with Crippen molar-refractivity contribution in [3.05, 3.63) is 97.1 Å². The summed E-state index contributed by atoms with van der Waals surface area (Å²) >= 11 is 0. The Hall–Kier alpha value is -4.60. The van der Waals surface area contributed by atoms with Crippen molar-refractivity contribution in [2.24, 2.45) is 5.73 Å². The molecule has 4 atom stereocenters. The summed E-state index contributed by atoms with van der Waals surface area (Å²) in [7, 11) is 0. The SMILES string of the molecule is C=CCNC(=O)O[C@@H](C(N)=O)[C@@H](OC(=O)NCC=C)C(=O)N(C(C)c1ccccc1)C(C)c1ccccc1. The molecular formula is C28H34N4O6. The van der Waals surface area contributed by atoms with Crippen molar-refractivity contribution >= 4 is 24.0 Å². The van der Waals surface area contributed by atoms with E-state index in [4.69, 9.17) is 15.2 Å². The van der Waals surface area contributed by atoms with E-state index in [1.807, 2.05) is 60.7 Å². The molecule has 0 fully saturated rings. The summed E-state index contributed by atoms with van der Waals surface area (Å²) in [6.45, 7) is 10.7. The van der Waals surface area contributed by atoms with E-state index in [0.29, 0.717) is 0 Å². The van der Waals surface area contributed by atoms with Crippen molar-refractivity contribution < 1.29 is 28.7 Å². The van der Waals surface area contributed by atoms with Gasteiger partial charge >= 0.3 is 12.2 Å². The molecule has 4 N–H and O–H groups in total. The first-order valence-corrected chi connectivity index (χ1v) is 12.0. The van der Waals surface area contributed by atoms with E-state index in [1.54, 1.807) is 13.8 Å². The van der Waals surface area contributed by atoms with Crippen LogP contribution in [0.3, 0.4) is 0 Å². The maximum Gasteiger partial charge on any atom is 0.408 e. The van der Waals surface area contributed by atoms with Crippen molar-refractivity contribution in [1.82, 2.24) is 15.5 Å². The van der Waals surface area contributed by atoms with Crippen LogP contribution in [0.4, 0.5) is 9.59 Å². The van der Waals surface area contributed by atoms with E-state index in [9.17, 15) is 19.2 Å². The Morgan fingerprint density at radius 2 is 1.18 bits per heavy atom. The molecule has 2 unspecified atom stereocenters. The van der Waals surface area contributed by atoms with E-state index < -0.39 is 48.3 Å². The van der Waals surface area contributed by atoms with Crippen LogP contribution < -0.4 is 16.4 Å². The Bertz CT molecular complexity index is 1060. The van der Waals surface area contributed by atoms with Crippen molar-refractivity contribution in [3.63, 3.8) is 0 Å². The van der Waals surface area contributed by atoms with Gasteiger partial charge in [-0.2, -0.15) is 0 Å². The third-order valence-electron chi connectivity index (χ3n) is 5.70. The first kappa shape index (κ1) is 29.6. The molecule has 0 aliphatic heterocycles. The summed E-state index contributed by atoms with van der Waals surface area (Å²) in [4.78, 5) is 52.9. The van der Waals surface area contributed by atoms with Gasteiger partial charge in [0.25, 0.3) is 11.8 Å². The van der Waals surface area contributed by atoms with Gasteiger partial charge in [0, 0.05) is 13.1 Å². The van der Waals surface area contributed by atoms with Gasteiger partial charge in [-0.1, -0.05) is 72.8 Å². The molecule has 202 valence electrons. The van der Waals surface area contributed by atoms with Crippen LogP contribution >= 0.6 is 0 Å². The molecule has 0 aliphatic carbocycles. The number of nitrogens with zero attached hydrogens (tertiary/aromatic N) is 1. The predicted molar refractivity (Wildman–Crippen MR) is 143 cm³/mol. The Balaban J connectivity index is 2.56. The largest absolute Gasteiger partial charge is 0.431 e. The molecule has 0 saturated heterocycles. The predicted octanol–water partition coefficient (Wildman–Crippen LogP) is 3.38. The van der Waals surface area contributed by atoms with Crippen LogP contribution in [0.15, 0.2) is 86.0 Å². The normalized spacial score (nSPS) is 13.5. The molecule has 2 aromatic rings. The number of primary amides is 1. The molecule has 0 bridgehead atoms. The van der Waals surface area contributed by atoms with Crippen molar-refractivity contribution in [2.75, 3.05) is 13.1 Å². The standard InChI is InChI=1S/C28H34N4O6/c1-5-17-30-27(35)37-23(25(29)33)24(38-28(36)31-18-6-2)26(34)32(19(3)21-13-9-7-10-14-21)20(4)22-15-11-8-12-16-22/h5-16,19-20,23-24H,1-2,17-18H2,3-4H3,(H2,29,33)(H,30,35)(H,31,36)/t19?,20?,23-,24-/m1/s1. The number of nitrogens with one attached hydrogen (secondary N) is 2. The molecule has 0 spiro atoms. The fourth-order valence-electron chi connectivity index (χ4n) is 3.78. The number of alkyl carbamates (subject to hydrolysis) is 2. The molecule has 0 heterocycles. The Kier molecular flexibility index (Phi) is 11.6. The van der Waals surface area contributed by atoms with Crippen LogP contribution in [0.5, 0.6) is 0 Å². The van der Waals surface area contributed by atoms with Crippen LogP contribution in [0, 0.1) is 0 Å². The van der Waals surface area contributed by atoms with E-state index >= 15 is 0 Å². The van der Waals surface area contributed by atoms with Crippen LogP contribution in [-0.4, -0.2) is 54.2 Å². The summed E-state index contributed by atoms with van der Waals surface area (Å²) < 4.78 is 10.6. The zero-order chi connectivity index (χ0) is 28.1. The van der Waals surface area contributed by atoms with Crippen LogP contribution in [-0.2, 0) is 19.1 Å². The van der Waals surface area contributed by atoms with Gasteiger partial charge in [0.15, 0.2) is 0 Å². The molecule has 2 rings (SSSR count). The average molecular weight is 523 g/mol. The van der Waals surface area contributed by atoms with Gasteiger partial charge in [-0.25, -0.2) is 9.59 Å². The van der Waals surface area contributed by atoms with Crippen LogP contribution in [0.1, 0.15) is 37.1 Å². The van der Waals surface area contributed by atoms with Crippen molar-refractivity contribution in [2.45, 2.75) is 38.1 Å². The second kappa shape index (κ2) is 14.8. The molecule has 0 saturated carbocycles. The van der Waals surface area contributed by atoms with Gasteiger partial charge in [0.05, 0.1) is 12.1 Å². The summed E-state index contributed by atoms with van der Waals surface area (Å²) in [6.07, 6.45) is -3.07. The minimum Gasteiger partial charge on any atom is -0.431 e. The number of hydrogen-bond donors (Lipinski definition) is 3. The van der Waals surface area contributed by atoms with Crippen molar-refractivity contribution in [1.29, 1.82) is 0 Å². The Morgan fingerprint density at radius 1 is 0.789 bits per heavy atom. The lowest BCUT2D eigenvalue weighted by Crippen LogP contribution is -2.55. The van der Waals surface area contributed by atoms with Gasteiger partial charge in [-0.3, -0.25) is 9.59 Å². The minimum atomic E-state index is -1.92. The second-order valence-corrected chi connectivity index (χ2v) is 8.31. The number of hydrogen-bond acceptors (Lipinski definition) is 6. The lowest BCUT2D eigenvalue weighted by atomic mass is 9.99. The van der Waals surface area contributed by atoms with E-state index in [1.165, 1.54) is 17.1 Å². The number of rotatable bonds is 13. The molecule has 38 heavy (non-hydrogen) atoms. The lowest BCUT2D eigenvalue weighted by Gasteiger charge is -2.38. The monoisotopic (exact) mass is 522 g/mol. The van der Waals surface area contributed by atoms with Gasteiger partial charge in [-0.05, 0) is 25.0 Å². The molecule has 2 aromatic carbocycles. The highest BCUT2D eigenvalue weighted by molar-refractivity contribution is 5.93. The third-order valence-corrected chi connectivity index (χ3v) is 5.70. The van der Waals surface area contributed by atoms with Crippen molar-refractivity contribution in [3.8, 4) is 0 Å². The molecule has 10 nitrogen and oxygen atoms in total. The average Bonchev–Trinajstić information content (AvgIpc) is 2.93. The van der Waals surface area contributed by atoms with E-state index in [-0.39, 0.29) is 13.1 Å². The van der Waals surface area contributed by atoms with E-state index in [2.05, 4.69) is 23.8 Å². The summed E-state index contributed by atoms with van der Waals surface area (Å²) in [6, 6.07) is 17.3. The molecule has 4 amide bonds. The number of benzene rings is 2. The highest BCUT2D eigenvalue weighted by Crippen LogP contribution is 2.32. The van der Waals surface area contributed by atoms with Gasteiger partial charge in [-0.15, -0.1) is 13.2 Å². The molecular weight excluding hydrogens is 488 g/mol. The highest BCUT2D eigenvalue weighted by Gasteiger charge is 2.44. The molecule has 0 aromatic heterocycles. The van der Waals surface area contributed by atoms with Gasteiger partial charge in [0.2, 0.25) is 12.2 Å². The Morgan fingerprint density at radius 3 is 1.55 bits per heavy atom. The zero-order valence-corrected chi connectivity index (χ0v) is 21.5. The smallest absolute Gasteiger partial charge is 0.408 e. The third kappa shape index (κ3) is 8.22. The molecule has 0 aliphatic rings. The zero-order valence-electron chi connectivity index (χ0n) is 21.5. The quantitative estimate of drug-likeness (QED) is 0.345. The first-order valence-electron chi connectivity index (χ1n) is 12.0. The molecule has 0 radical (unpaired) electrons. The molecule has 10 heteroatoms. The number of amides is 4. The minimum absolute atomic E-state index is 0.0335. The number of ether oxygens (including phenoxy) is 2. The fraction of sp³-hybridized carbons (Fsp3) is 0.286. The van der Waals surface area contributed by atoms with Crippen LogP contribution in [0.25, 0.3) is 0 Å². The second-order valence-electron chi connectivity index (χ2n) is 8.31. The maximum absolute atomic E-state index is 14.2. The first-order chi connectivity index (χ1) is 18.2. The van der Waals surface area contributed by atoms with Crippen LogP contribution in [0.2, 0.25) is 0 Å². The van der Waals surface area contributed by atoms with Gasteiger partial charge in [0.1, 0.15) is 0 Å². The van der Waals surface area contributed by atoms with E-state index in [0.717, 1.165) is 11.1 Å². The topological polar surface area (TPSA) is 140 Å². The fourth-order valence-corrected chi connectivity index (χ4v) is 3.78.